The van der Waals surface area contributed by atoms with Crippen LogP contribution in [0.4, 0.5) is 0 Å². The fraction of sp³-hybridized carbons (Fsp3) is 0.600. The summed E-state index contributed by atoms with van der Waals surface area (Å²) in [6, 6.07) is 0. The summed E-state index contributed by atoms with van der Waals surface area (Å²) in [4.78, 5) is 0. The van der Waals surface area contributed by atoms with Gasteiger partial charge in [0.15, 0.2) is 0 Å². The quantitative estimate of drug-likeness (QED) is 0.330. The monoisotopic (exact) mass is 206 g/mol. The van der Waals surface area contributed by atoms with Crippen LogP contribution in [0.1, 0.15) is 58.3 Å². The highest BCUT2D eigenvalue weighted by Crippen LogP contribution is 2.05. The zero-order valence-electron chi connectivity index (χ0n) is 10.3. The van der Waals surface area contributed by atoms with Crippen molar-refractivity contribution in [2.24, 2.45) is 0 Å². The molecule has 0 bridgehead atoms. The van der Waals surface area contributed by atoms with Crippen LogP contribution in [0.15, 0.2) is 37.0 Å². The average Bonchev–Trinajstić information content (AvgIpc) is 2.26. The SMILES string of the molecule is C=CC/C=C\CC=CCCCCCCC. The van der Waals surface area contributed by atoms with Gasteiger partial charge in [0, 0.05) is 0 Å². The van der Waals surface area contributed by atoms with Crippen molar-refractivity contribution in [2.45, 2.75) is 58.3 Å². The Balaban J connectivity index is 3.13. The molecule has 0 fully saturated rings. The Morgan fingerprint density at radius 1 is 0.800 bits per heavy atom. The van der Waals surface area contributed by atoms with E-state index in [4.69, 9.17) is 0 Å². The highest BCUT2D eigenvalue weighted by Gasteiger charge is 1.85. The topological polar surface area (TPSA) is 0 Å². The van der Waals surface area contributed by atoms with Gasteiger partial charge >= 0.3 is 0 Å². The second kappa shape index (κ2) is 13.2. The largest absolute Gasteiger partial charge is 0.103 e. The summed E-state index contributed by atoms with van der Waals surface area (Å²) in [5.74, 6) is 0. The number of unbranched alkanes of at least 4 members (excludes halogenated alkanes) is 5. The third-order valence-electron chi connectivity index (χ3n) is 2.38. The molecule has 0 aliphatic heterocycles. The molecule has 0 aliphatic carbocycles. The Morgan fingerprint density at radius 2 is 1.47 bits per heavy atom. The van der Waals surface area contributed by atoms with E-state index in [0.717, 1.165) is 12.8 Å². The second-order valence-electron chi connectivity index (χ2n) is 3.91. The Morgan fingerprint density at radius 3 is 2.20 bits per heavy atom. The van der Waals surface area contributed by atoms with Gasteiger partial charge in [-0.25, -0.2) is 0 Å². The van der Waals surface area contributed by atoms with E-state index in [1.165, 1.54) is 38.5 Å². The van der Waals surface area contributed by atoms with Gasteiger partial charge in [-0.05, 0) is 25.7 Å². The molecular formula is C15H26. The maximum absolute atomic E-state index is 3.67. The smallest absolute Gasteiger partial charge is 0.0169 e. The van der Waals surface area contributed by atoms with E-state index in [-0.39, 0.29) is 0 Å². The third kappa shape index (κ3) is 13.2. The van der Waals surface area contributed by atoms with Crippen LogP contribution in [0.3, 0.4) is 0 Å². The molecule has 0 N–H and O–H groups in total. The number of hydrogen-bond donors (Lipinski definition) is 0. The predicted octanol–water partition coefficient (Wildman–Crippen LogP) is 5.43. The molecule has 0 saturated heterocycles. The van der Waals surface area contributed by atoms with E-state index >= 15 is 0 Å². The first-order valence-corrected chi connectivity index (χ1v) is 6.32. The predicted molar refractivity (Wildman–Crippen MR) is 71.1 cm³/mol. The lowest BCUT2D eigenvalue weighted by Gasteiger charge is -1.95. The molecule has 0 aromatic rings. The van der Waals surface area contributed by atoms with E-state index in [0.29, 0.717) is 0 Å². The van der Waals surface area contributed by atoms with Gasteiger partial charge in [-0.3, -0.25) is 0 Å². The van der Waals surface area contributed by atoms with Gasteiger partial charge in [-0.2, -0.15) is 0 Å². The lowest BCUT2D eigenvalue weighted by atomic mass is 10.1. The second-order valence-corrected chi connectivity index (χ2v) is 3.91. The van der Waals surface area contributed by atoms with Crippen LogP contribution in [0.25, 0.3) is 0 Å². The summed E-state index contributed by atoms with van der Waals surface area (Å²) in [5, 5.41) is 0. The molecule has 0 radical (unpaired) electrons. The molecule has 0 saturated carbocycles. The van der Waals surface area contributed by atoms with Crippen LogP contribution in [-0.4, -0.2) is 0 Å². The van der Waals surface area contributed by atoms with Crippen molar-refractivity contribution in [3.8, 4) is 0 Å². The molecule has 0 heterocycles. The zero-order valence-corrected chi connectivity index (χ0v) is 10.3. The maximum Gasteiger partial charge on any atom is -0.0169 e. The van der Waals surface area contributed by atoms with E-state index < -0.39 is 0 Å². The summed E-state index contributed by atoms with van der Waals surface area (Å²) in [6.45, 7) is 5.93. The van der Waals surface area contributed by atoms with Crippen molar-refractivity contribution in [1.82, 2.24) is 0 Å². The van der Waals surface area contributed by atoms with Crippen LogP contribution in [0.5, 0.6) is 0 Å². The summed E-state index contributed by atoms with van der Waals surface area (Å²) >= 11 is 0. The summed E-state index contributed by atoms with van der Waals surface area (Å²) in [5.41, 5.74) is 0. The van der Waals surface area contributed by atoms with Gasteiger partial charge < -0.3 is 0 Å². The Labute approximate surface area is 95.8 Å². The minimum atomic E-state index is 0.991. The molecular weight excluding hydrogens is 180 g/mol. The number of hydrogen-bond acceptors (Lipinski definition) is 0. The Kier molecular flexibility index (Phi) is 12.5. The Hall–Kier alpha value is -0.780. The van der Waals surface area contributed by atoms with Crippen molar-refractivity contribution < 1.29 is 0 Å². The van der Waals surface area contributed by atoms with Gasteiger partial charge in [0.25, 0.3) is 0 Å². The molecule has 0 spiro atoms. The number of rotatable bonds is 10. The van der Waals surface area contributed by atoms with Crippen LogP contribution >= 0.6 is 0 Å². The van der Waals surface area contributed by atoms with Gasteiger partial charge in [0.1, 0.15) is 0 Å². The third-order valence-corrected chi connectivity index (χ3v) is 2.38. The molecule has 0 rings (SSSR count). The standard InChI is InChI=1S/C15H26/c1-3-5-7-9-11-13-15-14-12-10-8-6-4-2/h3,7,9,13,15H,1,4-6,8,10-12,14H2,2H3/b9-7-,15-13?. The molecule has 0 nitrogen and oxygen atoms in total. The van der Waals surface area contributed by atoms with Crippen LogP contribution in [0, 0.1) is 0 Å². The molecule has 0 aliphatic rings. The maximum atomic E-state index is 3.67. The first-order chi connectivity index (χ1) is 7.41. The fourth-order valence-corrected chi connectivity index (χ4v) is 1.45. The average molecular weight is 206 g/mol. The summed E-state index contributed by atoms with van der Waals surface area (Å²) < 4.78 is 0. The van der Waals surface area contributed by atoms with E-state index in [1.807, 2.05) is 6.08 Å². The normalized spacial score (nSPS) is 11.5. The first kappa shape index (κ1) is 14.2. The van der Waals surface area contributed by atoms with E-state index in [1.54, 1.807) is 0 Å². The first-order valence-electron chi connectivity index (χ1n) is 6.32. The lowest BCUT2D eigenvalue weighted by molar-refractivity contribution is 0.637. The van der Waals surface area contributed by atoms with E-state index in [9.17, 15) is 0 Å². The Bertz CT molecular complexity index is 174. The highest BCUT2D eigenvalue weighted by atomic mass is 13.9. The molecule has 0 heteroatoms. The summed E-state index contributed by atoms with van der Waals surface area (Å²) in [7, 11) is 0. The van der Waals surface area contributed by atoms with Crippen molar-refractivity contribution in [3.63, 3.8) is 0 Å². The van der Waals surface area contributed by atoms with Crippen molar-refractivity contribution in [3.05, 3.63) is 37.0 Å². The highest BCUT2D eigenvalue weighted by molar-refractivity contribution is 4.95. The molecule has 0 aromatic carbocycles. The number of allylic oxidation sites excluding steroid dienone is 5. The van der Waals surface area contributed by atoms with Gasteiger partial charge in [0.2, 0.25) is 0 Å². The molecule has 86 valence electrons. The van der Waals surface area contributed by atoms with Crippen molar-refractivity contribution >= 4 is 0 Å². The molecule has 0 atom stereocenters. The summed E-state index contributed by atoms with van der Waals surface area (Å²) in [6.07, 6.45) is 21.1. The molecule has 15 heavy (non-hydrogen) atoms. The van der Waals surface area contributed by atoms with Gasteiger partial charge in [-0.15, -0.1) is 6.58 Å². The lowest BCUT2D eigenvalue weighted by Crippen LogP contribution is -1.75. The molecule has 0 amide bonds. The minimum absolute atomic E-state index is 0.991. The fourth-order valence-electron chi connectivity index (χ4n) is 1.45. The minimum Gasteiger partial charge on any atom is -0.103 e. The van der Waals surface area contributed by atoms with Crippen molar-refractivity contribution in [1.29, 1.82) is 0 Å². The molecule has 0 unspecified atom stereocenters. The van der Waals surface area contributed by atoms with Crippen molar-refractivity contribution in [2.75, 3.05) is 0 Å². The van der Waals surface area contributed by atoms with Gasteiger partial charge in [-0.1, -0.05) is 63.0 Å². The zero-order chi connectivity index (χ0) is 11.2. The van der Waals surface area contributed by atoms with Gasteiger partial charge in [0.05, 0.1) is 0 Å². The van der Waals surface area contributed by atoms with Crippen LogP contribution in [-0.2, 0) is 0 Å². The van der Waals surface area contributed by atoms with Crippen LogP contribution < -0.4 is 0 Å². The van der Waals surface area contributed by atoms with E-state index in [2.05, 4.69) is 37.8 Å². The molecule has 0 aromatic heterocycles. The van der Waals surface area contributed by atoms with Crippen LogP contribution in [0.2, 0.25) is 0 Å².